The van der Waals surface area contributed by atoms with Crippen molar-refractivity contribution in [3.63, 3.8) is 0 Å². The van der Waals surface area contributed by atoms with E-state index in [0.717, 1.165) is 10.4 Å². The molecule has 0 saturated heterocycles. The Hall–Kier alpha value is -2.91. The molecule has 0 aliphatic heterocycles. The molecular formula is C17H12FN3OS. The topological polar surface area (TPSA) is 61.9 Å². The molecule has 0 aliphatic rings. The van der Waals surface area contributed by atoms with Gasteiger partial charge in [0.1, 0.15) is 11.9 Å². The smallest absolute Gasteiger partial charge is 0.232 e. The number of benzene rings is 1. The van der Waals surface area contributed by atoms with Gasteiger partial charge in [-0.15, -0.1) is 11.3 Å². The summed E-state index contributed by atoms with van der Waals surface area (Å²) in [5.41, 5.74) is 1.07. The molecule has 3 aromatic rings. The van der Waals surface area contributed by atoms with E-state index in [-0.39, 0.29) is 11.5 Å². The number of rotatable bonds is 5. The highest BCUT2D eigenvalue weighted by molar-refractivity contribution is 7.10. The van der Waals surface area contributed by atoms with Gasteiger partial charge in [0, 0.05) is 17.5 Å². The van der Waals surface area contributed by atoms with Gasteiger partial charge in [0.15, 0.2) is 0 Å². The fourth-order valence-electron chi connectivity index (χ4n) is 1.93. The number of hydrogen-bond donors (Lipinski definition) is 1. The molecule has 0 bridgehead atoms. The van der Waals surface area contributed by atoms with Crippen LogP contribution in [0.2, 0.25) is 0 Å². The molecule has 0 radical (unpaired) electrons. The van der Waals surface area contributed by atoms with Crippen LogP contribution < -0.4 is 5.32 Å². The summed E-state index contributed by atoms with van der Waals surface area (Å²) in [5.74, 6) is 0.381. The minimum absolute atomic E-state index is 0.193. The maximum Gasteiger partial charge on any atom is 0.232 e. The first-order valence-electron chi connectivity index (χ1n) is 6.85. The summed E-state index contributed by atoms with van der Waals surface area (Å²) in [5, 5.41) is 14.1. The number of oxazole rings is 1. The third-order valence-electron chi connectivity index (χ3n) is 3.05. The van der Waals surface area contributed by atoms with Gasteiger partial charge in [-0.2, -0.15) is 10.2 Å². The van der Waals surface area contributed by atoms with Crippen molar-refractivity contribution in [2.24, 2.45) is 0 Å². The lowest BCUT2D eigenvalue weighted by Gasteiger charge is -2.02. The monoisotopic (exact) mass is 325 g/mol. The van der Waals surface area contributed by atoms with Gasteiger partial charge in [0.2, 0.25) is 17.5 Å². The SMILES string of the molecule is N#Cc1nc(C=Cc2cccs2)oc1NCc1ccc(F)cc1. The molecule has 114 valence electrons. The molecule has 0 amide bonds. The van der Waals surface area contributed by atoms with Gasteiger partial charge in [-0.3, -0.25) is 0 Å². The van der Waals surface area contributed by atoms with Crippen LogP contribution >= 0.6 is 11.3 Å². The van der Waals surface area contributed by atoms with Crippen molar-refractivity contribution in [2.45, 2.75) is 6.54 Å². The Morgan fingerprint density at radius 2 is 2.09 bits per heavy atom. The lowest BCUT2D eigenvalue weighted by molar-refractivity contribution is 0.557. The van der Waals surface area contributed by atoms with E-state index in [1.807, 2.05) is 29.7 Å². The van der Waals surface area contributed by atoms with Gasteiger partial charge in [-0.1, -0.05) is 18.2 Å². The van der Waals surface area contributed by atoms with E-state index in [2.05, 4.69) is 10.3 Å². The molecule has 6 heteroatoms. The first kappa shape index (κ1) is 15.0. The van der Waals surface area contributed by atoms with Crippen LogP contribution in [0, 0.1) is 17.1 Å². The third-order valence-corrected chi connectivity index (χ3v) is 3.89. The van der Waals surface area contributed by atoms with Crippen LogP contribution in [0.5, 0.6) is 0 Å². The number of halogens is 1. The van der Waals surface area contributed by atoms with E-state index < -0.39 is 0 Å². The van der Waals surface area contributed by atoms with Crippen molar-refractivity contribution >= 4 is 29.4 Å². The van der Waals surface area contributed by atoms with E-state index in [1.54, 1.807) is 29.5 Å². The average molecular weight is 325 g/mol. The van der Waals surface area contributed by atoms with Crippen molar-refractivity contribution in [2.75, 3.05) is 5.32 Å². The Bertz CT molecular complexity index is 845. The van der Waals surface area contributed by atoms with Crippen molar-refractivity contribution in [3.8, 4) is 6.07 Å². The molecule has 2 heterocycles. The number of nitriles is 1. The molecule has 0 atom stereocenters. The van der Waals surface area contributed by atoms with Crippen LogP contribution in [0.1, 0.15) is 22.0 Å². The summed E-state index contributed by atoms with van der Waals surface area (Å²) in [7, 11) is 0. The van der Waals surface area contributed by atoms with Gasteiger partial charge in [-0.25, -0.2) is 4.39 Å². The van der Waals surface area contributed by atoms with Crippen LogP contribution in [0.15, 0.2) is 46.2 Å². The molecule has 0 unspecified atom stereocenters. The zero-order valence-corrected chi connectivity index (χ0v) is 12.8. The maximum absolute atomic E-state index is 12.9. The van der Waals surface area contributed by atoms with Gasteiger partial charge in [0.05, 0.1) is 0 Å². The molecule has 23 heavy (non-hydrogen) atoms. The first-order chi connectivity index (χ1) is 11.2. The molecule has 3 rings (SSSR count). The summed E-state index contributed by atoms with van der Waals surface area (Å²) in [6, 6.07) is 12.0. The highest BCUT2D eigenvalue weighted by Crippen LogP contribution is 2.20. The normalized spacial score (nSPS) is 10.8. The molecule has 0 saturated carbocycles. The van der Waals surface area contributed by atoms with E-state index in [4.69, 9.17) is 9.68 Å². The molecule has 0 spiro atoms. The van der Waals surface area contributed by atoms with E-state index in [1.165, 1.54) is 12.1 Å². The number of anilines is 1. The predicted molar refractivity (Wildman–Crippen MR) is 88.2 cm³/mol. The predicted octanol–water partition coefficient (Wildman–Crippen LogP) is 4.53. The second-order valence-electron chi connectivity index (χ2n) is 4.67. The number of nitrogens with one attached hydrogen (secondary N) is 1. The number of aromatic nitrogens is 1. The molecule has 0 aliphatic carbocycles. The van der Waals surface area contributed by atoms with Crippen LogP contribution in [-0.2, 0) is 6.54 Å². The Morgan fingerprint density at radius 3 is 2.78 bits per heavy atom. The summed E-state index contributed by atoms with van der Waals surface area (Å²) >= 11 is 1.60. The summed E-state index contributed by atoms with van der Waals surface area (Å²) in [6.45, 7) is 0.415. The zero-order valence-electron chi connectivity index (χ0n) is 12.0. The zero-order chi connectivity index (χ0) is 16.1. The summed E-state index contributed by atoms with van der Waals surface area (Å²) < 4.78 is 18.4. The minimum Gasteiger partial charge on any atom is -0.420 e. The quantitative estimate of drug-likeness (QED) is 0.748. The highest BCUT2D eigenvalue weighted by atomic mass is 32.1. The van der Waals surface area contributed by atoms with Gasteiger partial charge in [-0.05, 0) is 35.2 Å². The number of thiophene rings is 1. The highest BCUT2D eigenvalue weighted by Gasteiger charge is 2.11. The fourth-order valence-corrected chi connectivity index (χ4v) is 2.55. The second kappa shape index (κ2) is 6.90. The summed E-state index contributed by atoms with van der Waals surface area (Å²) in [4.78, 5) is 5.19. The third kappa shape index (κ3) is 3.84. The fraction of sp³-hybridized carbons (Fsp3) is 0.0588. The minimum atomic E-state index is -0.285. The standard InChI is InChI=1S/C17H12FN3OS/c18-13-5-3-12(4-6-13)11-20-17-15(10-19)21-16(22-17)8-7-14-2-1-9-23-14/h1-9,20H,11H2. The first-order valence-corrected chi connectivity index (χ1v) is 7.73. The van der Waals surface area contributed by atoms with Crippen molar-refractivity contribution < 1.29 is 8.81 Å². The van der Waals surface area contributed by atoms with Crippen LogP contribution in [0.25, 0.3) is 12.2 Å². The van der Waals surface area contributed by atoms with Gasteiger partial charge < -0.3 is 9.73 Å². The Morgan fingerprint density at radius 1 is 1.26 bits per heavy atom. The molecule has 4 nitrogen and oxygen atoms in total. The van der Waals surface area contributed by atoms with Crippen molar-refractivity contribution in [3.05, 3.63) is 69.6 Å². The lowest BCUT2D eigenvalue weighted by atomic mass is 10.2. The Balaban J connectivity index is 1.71. The average Bonchev–Trinajstić information content (AvgIpc) is 3.21. The second-order valence-corrected chi connectivity index (χ2v) is 5.65. The number of hydrogen-bond acceptors (Lipinski definition) is 5. The summed E-state index contributed by atoms with van der Waals surface area (Å²) in [6.07, 6.45) is 3.59. The molecule has 0 fully saturated rings. The van der Waals surface area contributed by atoms with E-state index in [0.29, 0.717) is 18.3 Å². The molecular weight excluding hydrogens is 313 g/mol. The van der Waals surface area contributed by atoms with Gasteiger partial charge >= 0.3 is 0 Å². The number of nitrogens with zero attached hydrogens (tertiary/aromatic N) is 2. The molecule has 1 N–H and O–H groups in total. The largest absolute Gasteiger partial charge is 0.420 e. The maximum atomic E-state index is 12.9. The molecule has 2 aromatic heterocycles. The Kier molecular flexibility index (Phi) is 4.50. The van der Waals surface area contributed by atoms with Gasteiger partial charge in [0.25, 0.3) is 0 Å². The van der Waals surface area contributed by atoms with E-state index >= 15 is 0 Å². The molecule has 1 aromatic carbocycles. The van der Waals surface area contributed by atoms with Crippen LogP contribution in [-0.4, -0.2) is 4.98 Å². The van der Waals surface area contributed by atoms with Crippen LogP contribution in [0.4, 0.5) is 10.3 Å². The lowest BCUT2D eigenvalue weighted by Crippen LogP contribution is -1.99. The Labute approximate surface area is 136 Å². The van der Waals surface area contributed by atoms with Crippen molar-refractivity contribution in [1.82, 2.24) is 4.98 Å². The van der Waals surface area contributed by atoms with E-state index in [9.17, 15) is 4.39 Å². The van der Waals surface area contributed by atoms with Crippen molar-refractivity contribution in [1.29, 1.82) is 5.26 Å². The van der Waals surface area contributed by atoms with Crippen LogP contribution in [0.3, 0.4) is 0 Å².